The summed E-state index contributed by atoms with van der Waals surface area (Å²) in [5.41, 5.74) is 5.31. The fraction of sp³-hybridized carbons (Fsp3) is 0.261. The van der Waals surface area contributed by atoms with Crippen molar-refractivity contribution in [1.82, 2.24) is 5.32 Å². The molecule has 1 aliphatic carbocycles. The molecule has 0 aromatic heterocycles. The van der Waals surface area contributed by atoms with Crippen molar-refractivity contribution in [3.8, 4) is 0 Å². The number of rotatable bonds is 7. The molecule has 0 radical (unpaired) electrons. The van der Waals surface area contributed by atoms with Gasteiger partial charge in [-0.25, -0.2) is 4.39 Å². The van der Waals surface area contributed by atoms with Crippen LogP contribution in [0, 0.1) is 5.82 Å². The predicted molar refractivity (Wildman–Crippen MR) is 116 cm³/mol. The molecule has 3 N–H and O–H groups in total. The van der Waals surface area contributed by atoms with Crippen LogP contribution in [0.5, 0.6) is 0 Å². The molecule has 0 heterocycles. The SMILES string of the molecule is CSc1ccc(/C=C2/C(C)=C(CC(=O)NCC(O)CO)c3cc(F)ccc32)cc1. The average Bonchev–Trinajstić information content (AvgIpc) is 2.97. The van der Waals surface area contributed by atoms with Gasteiger partial charge < -0.3 is 15.5 Å². The highest BCUT2D eigenvalue weighted by molar-refractivity contribution is 7.98. The summed E-state index contributed by atoms with van der Waals surface area (Å²) in [7, 11) is 0. The number of fused-ring (bicyclic) bond motifs is 1. The van der Waals surface area contributed by atoms with Crippen molar-refractivity contribution in [2.45, 2.75) is 24.3 Å². The van der Waals surface area contributed by atoms with Gasteiger partial charge in [-0.3, -0.25) is 4.79 Å². The molecule has 1 amide bonds. The Morgan fingerprint density at radius 3 is 2.59 bits per heavy atom. The lowest BCUT2D eigenvalue weighted by molar-refractivity contribution is -0.120. The van der Waals surface area contributed by atoms with Crippen LogP contribution in [0.4, 0.5) is 4.39 Å². The molecule has 1 aliphatic rings. The largest absolute Gasteiger partial charge is 0.394 e. The minimum absolute atomic E-state index is 0.0256. The summed E-state index contributed by atoms with van der Waals surface area (Å²) in [6, 6.07) is 12.8. The molecule has 6 heteroatoms. The fourth-order valence-electron chi connectivity index (χ4n) is 3.37. The quantitative estimate of drug-likeness (QED) is 0.605. The Balaban J connectivity index is 1.93. The van der Waals surface area contributed by atoms with E-state index in [1.54, 1.807) is 17.8 Å². The number of halogens is 1. The summed E-state index contributed by atoms with van der Waals surface area (Å²) in [6.45, 7) is 1.49. The van der Waals surface area contributed by atoms with Gasteiger partial charge in [0.25, 0.3) is 0 Å². The molecule has 1 atom stereocenters. The molecule has 1 unspecified atom stereocenters. The zero-order valence-electron chi connectivity index (χ0n) is 16.4. The Bertz CT molecular complexity index is 967. The Hall–Kier alpha value is -2.41. The van der Waals surface area contributed by atoms with Gasteiger partial charge in [-0.15, -0.1) is 11.8 Å². The number of aliphatic hydroxyl groups is 2. The molecule has 0 spiro atoms. The summed E-state index contributed by atoms with van der Waals surface area (Å²) in [4.78, 5) is 13.5. The highest BCUT2D eigenvalue weighted by atomic mass is 32.2. The van der Waals surface area contributed by atoms with E-state index in [9.17, 15) is 14.3 Å². The number of aliphatic hydroxyl groups excluding tert-OH is 2. The van der Waals surface area contributed by atoms with Crippen LogP contribution in [-0.4, -0.2) is 41.6 Å². The molecule has 29 heavy (non-hydrogen) atoms. The average molecular weight is 414 g/mol. The molecular weight excluding hydrogens is 389 g/mol. The minimum Gasteiger partial charge on any atom is -0.394 e. The van der Waals surface area contributed by atoms with E-state index in [4.69, 9.17) is 5.11 Å². The van der Waals surface area contributed by atoms with Crippen molar-refractivity contribution in [2.75, 3.05) is 19.4 Å². The van der Waals surface area contributed by atoms with E-state index in [1.165, 1.54) is 17.0 Å². The molecule has 0 fully saturated rings. The van der Waals surface area contributed by atoms with Gasteiger partial charge in [-0.05, 0) is 76.9 Å². The summed E-state index contributed by atoms with van der Waals surface area (Å²) < 4.78 is 13.9. The second kappa shape index (κ2) is 9.39. The second-order valence-corrected chi connectivity index (χ2v) is 7.82. The first kappa shape index (κ1) is 21.3. The third-order valence-corrected chi connectivity index (χ3v) is 5.71. The van der Waals surface area contributed by atoms with Crippen molar-refractivity contribution in [3.05, 3.63) is 70.5 Å². The van der Waals surface area contributed by atoms with Gasteiger partial charge >= 0.3 is 0 Å². The number of hydrogen-bond acceptors (Lipinski definition) is 4. The van der Waals surface area contributed by atoms with Gasteiger partial charge in [0, 0.05) is 11.4 Å². The Labute approximate surface area is 174 Å². The van der Waals surface area contributed by atoms with Gasteiger partial charge in [0.1, 0.15) is 5.82 Å². The Morgan fingerprint density at radius 1 is 1.21 bits per heavy atom. The summed E-state index contributed by atoms with van der Waals surface area (Å²) in [5, 5.41) is 20.9. The Morgan fingerprint density at radius 2 is 1.93 bits per heavy atom. The van der Waals surface area contributed by atoms with Gasteiger partial charge in [-0.1, -0.05) is 18.2 Å². The number of carbonyl (C=O) groups excluding carboxylic acids is 1. The topological polar surface area (TPSA) is 69.6 Å². The predicted octanol–water partition coefficient (Wildman–Crippen LogP) is 3.73. The van der Waals surface area contributed by atoms with E-state index in [0.717, 1.165) is 27.8 Å². The van der Waals surface area contributed by atoms with E-state index < -0.39 is 12.7 Å². The molecule has 4 nitrogen and oxygen atoms in total. The van der Waals surface area contributed by atoms with Crippen LogP contribution in [-0.2, 0) is 4.79 Å². The highest BCUT2D eigenvalue weighted by Crippen LogP contribution is 2.43. The van der Waals surface area contributed by atoms with E-state index in [2.05, 4.69) is 23.5 Å². The van der Waals surface area contributed by atoms with Crippen LogP contribution < -0.4 is 5.32 Å². The maximum absolute atomic E-state index is 13.9. The maximum Gasteiger partial charge on any atom is 0.224 e. The lowest BCUT2D eigenvalue weighted by atomic mass is 10.0. The van der Waals surface area contributed by atoms with Gasteiger partial charge in [0.2, 0.25) is 5.91 Å². The normalized spacial score (nSPS) is 15.6. The zero-order chi connectivity index (χ0) is 21.0. The standard InChI is InChI=1S/C23H24FNO3S/c1-14-20(9-15-3-6-18(29-2)7-4-15)19-8-5-16(24)10-22(19)21(14)11-23(28)25-12-17(27)13-26/h3-10,17,26-27H,11-13H2,1-2H3,(H,25,28)/b20-9-. The van der Waals surface area contributed by atoms with Gasteiger partial charge in [-0.2, -0.15) is 0 Å². The molecule has 2 aromatic carbocycles. The number of carbonyl (C=O) groups is 1. The first-order valence-corrected chi connectivity index (χ1v) is 10.6. The molecular formula is C23H24FNO3S. The van der Waals surface area contributed by atoms with E-state index in [0.29, 0.717) is 5.56 Å². The molecule has 152 valence electrons. The number of benzene rings is 2. The van der Waals surface area contributed by atoms with Crippen molar-refractivity contribution in [1.29, 1.82) is 0 Å². The van der Waals surface area contributed by atoms with Crippen LogP contribution in [0.1, 0.15) is 30.0 Å². The van der Waals surface area contributed by atoms with E-state index in [-0.39, 0.29) is 24.7 Å². The molecule has 0 bridgehead atoms. The van der Waals surface area contributed by atoms with Gasteiger partial charge in [0.15, 0.2) is 0 Å². The molecule has 0 saturated heterocycles. The Kier molecular flexibility index (Phi) is 6.90. The number of amides is 1. The van der Waals surface area contributed by atoms with E-state index >= 15 is 0 Å². The maximum atomic E-state index is 13.9. The van der Waals surface area contributed by atoms with Gasteiger partial charge in [0.05, 0.1) is 19.1 Å². The lowest BCUT2D eigenvalue weighted by Crippen LogP contribution is -2.33. The molecule has 0 saturated carbocycles. The van der Waals surface area contributed by atoms with Crippen LogP contribution in [0.3, 0.4) is 0 Å². The molecule has 0 aliphatic heterocycles. The summed E-state index contributed by atoms with van der Waals surface area (Å²) in [6.07, 6.45) is 3.15. The number of allylic oxidation sites excluding steroid dienone is 2. The second-order valence-electron chi connectivity index (χ2n) is 6.94. The molecule has 2 aromatic rings. The third-order valence-electron chi connectivity index (χ3n) is 4.96. The monoisotopic (exact) mass is 413 g/mol. The first-order chi connectivity index (χ1) is 13.9. The zero-order valence-corrected chi connectivity index (χ0v) is 17.2. The lowest BCUT2D eigenvalue weighted by Gasteiger charge is -2.10. The van der Waals surface area contributed by atoms with Crippen LogP contribution in [0.25, 0.3) is 17.2 Å². The molecule has 3 rings (SSSR count). The summed E-state index contributed by atoms with van der Waals surface area (Å²) in [5.74, 6) is -0.636. The highest BCUT2D eigenvalue weighted by Gasteiger charge is 2.25. The minimum atomic E-state index is -0.998. The number of nitrogens with one attached hydrogen (secondary N) is 1. The smallest absolute Gasteiger partial charge is 0.224 e. The van der Waals surface area contributed by atoms with Crippen LogP contribution in [0.15, 0.2) is 52.9 Å². The fourth-order valence-corrected chi connectivity index (χ4v) is 3.78. The van der Waals surface area contributed by atoms with Crippen LogP contribution >= 0.6 is 11.8 Å². The third kappa shape index (κ3) is 4.96. The van der Waals surface area contributed by atoms with Crippen molar-refractivity contribution < 1.29 is 19.4 Å². The van der Waals surface area contributed by atoms with Crippen molar-refractivity contribution >= 4 is 34.9 Å². The summed E-state index contributed by atoms with van der Waals surface area (Å²) >= 11 is 1.68. The van der Waals surface area contributed by atoms with Crippen molar-refractivity contribution in [3.63, 3.8) is 0 Å². The van der Waals surface area contributed by atoms with Crippen molar-refractivity contribution in [2.24, 2.45) is 0 Å². The number of thioether (sulfide) groups is 1. The van der Waals surface area contributed by atoms with Crippen LogP contribution in [0.2, 0.25) is 0 Å². The number of hydrogen-bond donors (Lipinski definition) is 3. The first-order valence-electron chi connectivity index (χ1n) is 9.34. The van der Waals surface area contributed by atoms with E-state index in [1.807, 2.05) is 25.3 Å².